The van der Waals surface area contributed by atoms with Crippen LogP contribution in [0.2, 0.25) is 0 Å². The molecule has 1 aromatic carbocycles. The molecule has 0 radical (unpaired) electrons. The summed E-state index contributed by atoms with van der Waals surface area (Å²) in [5.74, 6) is 1.02. The highest BCUT2D eigenvalue weighted by molar-refractivity contribution is 5.36. The Morgan fingerprint density at radius 2 is 1.76 bits per heavy atom. The number of nitrogens with one attached hydrogen (secondary N) is 1. The smallest absolute Gasteiger partial charge is 0.370 e. The number of likely N-dealkylation sites (tertiary alicyclic amines) is 1. The SMILES string of the molecule is FC(F)(F)c1ccc(NCC2CCN(Cc3ccccc3)CC2)nc1. The number of pyridine rings is 1. The zero-order chi connectivity index (χ0) is 17.7. The Morgan fingerprint density at radius 1 is 1.04 bits per heavy atom. The number of alkyl halides is 3. The topological polar surface area (TPSA) is 28.2 Å². The van der Waals surface area contributed by atoms with Gasteiger partial charge in [0.15, 0.2) is 0 Å². The van der Waals surface area contributed by atoms with Crippen LogP contribution in [0.1, 0.15) is 24.0 Å². The van der Waals surface area contributed by atoms with E-state index >= 15 is 0 Å². The lowest BCUT2D eigenvalue weighted by molar-refractivity contribution is -0.137. The van der Waals surface area contributed by atoms with Crippen LogP contribution in [0.5, 0.6) is 0 Å². The molecule has 0 saturated carbocycles. The maximum absolute atomic E-state index is 12.5. The van der Waals surface area contributed by atoms with E-state index in [9.17, 15) is 13.2 Å². The molecule has 2 heterocycles. The summed E-state index contributed by atoms with van der Waals surface area (Å²) in [5, 5.41) is 3.16. The minimum atomic E-state index is -4.34. The lowest BCUT2D eigenvalue weighted by Crippen LogP contribution is -2.35. The molecule has 6 heteroatoms. The Hall–Kier alpha value is -2.08. The van der Waals surface area contributed by atoms with Crippen molar-refractivity contribution >= 4 is 5.82 Å². The molecular formula is C19H22F3N3. The standard InChI is InChI=1S/C19H22F3N3/c20-19(21,22)17-6-7-18(24-13-17)23-12-15-8-10-25(11-9-15)14-16-4-2-1-3-5-16/h1-7,13,15H,8-12,14H2,(H,23,24). The van der Waals surface area contributed by atoms with E-state index in [0.717, 1.165) is 51.3 Å². The Morgan fingerprint density at radius 3 is 2.36 bits per heavy atom. The zero-order valence-corrected chi connectivity index (χ0v) is 14.0. The summed E-state index contributed by atoms with van der Waals surface area (Å²) >= 11 is 0. The third-order valence-corrected chi connectivity index (χ3v) is 4.62. The average molecular weight is 349 g/mol. The first-order valence-electron chi connectivity index (χ1n) is 8.54. The van der Waals surface area contributed by atoms with E-state index in [2.05, 4.69) is 39.5 Å². The number of aromatic nitrogens is 1. The van der Waals surface area contributed by atoms with Crippen molar-refractivity contribution in [2.24, 2.45) is 5.92 Å². The van der Waals surface area contributed by atoms with Gasteiger partial charge in [-0.3, -0.25) is 4.90 Å². The Kier molecular flexibility index (Phi) is 5.58. The molecule has 3 nitrogen and oxygen atoms in total. The molecule has 1 aliphatic rings. The largest absolute Gasteiger partial charge is 0.417 e. The second-order valence-corrected chi connectivity index (χ2v) is 6.52. The molecule has 134 valence electrons. The van der Waals surface area contributed by atoms with E-state index in [4.69, 9.17) is 0 Å². The highest BCUT2D eigenvalue weighted by Crippen LogP contribution is 2.29. The molecule has 0 aliphatic carbocycles. The number of benzene rings is 1. The minimum absolute atomic E-state index is 0.500. The molecule has 1 aromatic heterocycles. The molecule has 2 aromatic rings. The van der Waals surface area contributed by atoms with Crippen molar-refractivity contribution in [2.45, 2.75) is 25.6 Å². The summed E-state index contributed by atoms with van der Waals surface area (Å²) in [6.07, 6.45) is -1.29. The van der Waals surface area contributed by atoms with Gasteiger partial charge in [0.1, 0.15) is 5.82 Å². The van der Waals surface area contributed by atoms with Crippen LogP contribution in [0.3, 0.4) is 0 Å². The fourth-order valence-electron chi connectivity index (χ4n) is 3.11. The summed E-state index contributed by atoms with van der Waals surface area (Å²) in [5.41, 5.74) is 0.611. The third kappa shape index (κ3) is 5.19. The Labute approximate surface area is 145 Å². The van der Waals surface area contributed by atoms with Crippen LogP contribution in [0.15, 0.2) is 48.7 Å². The second kappa shape index (κ2) is 7.87. The van der Waals surface area contributed by atoms with Gasteiger partial charge in [-0.05, 0) is 49.5 Å². The third-order valence-electron chi connectivity index (χ3n) is 4.62. The maximum atomic E-state index is 12.5. The van der Waals surface area contributed by atoms with E-state index in [-0.39, 0.29) is 0 Å². The molecule has 0 spiro atoms. The van der Waals surface area contributed by atoms with Gasteiger partial charge >= 0.3 is 6.18 Å². The highest BCUT2D eigenvalue weighted by Gasteiger charge is 2.30. The highest BCUT2D eigenvalue weighted by atomic mass is 19.4. The average Bonchev–Trinajstić information content (AvgIpc) is 2.62. The Balaban J connectivity index is 1.42. The van der Waals surface area contributed by atoms with Crippen LogP contribution in [0.25, 0.3) is 0 Å². The normalized spacial score (nSPS) is 16.8. The van der Waals surface area contributed by atoms with Crippen LogP contribution in [-0.4, -0.2) is 29.5 Å². The van der Waals surface area contributed by atoms with Gasteiger partial charge in [0.2, 0.25) is 0 Å². The summed E-state index contributed by atoms with van der Waals surface area (Å²) in [6.45, 7) is 3.81. The van der Waals surface area contributed by atoms with Gasteiger partial charge in [0, 0.05) is 19.3 Å². The molecule has 3 rings (SSSR count). The quantitative estimate of drug-likeness (QED) is 0.866. The van der Waals surface area contributed by atoms with E-state index in [1.165, 1.54) is 11.6 Å². The number of anilines is 1. The van der Waals surface area contributed by atoms with Crippen molar-refractivity contribution in [2.75, 3.05) is 25.0 Å². The van der Waals surface area contributed by atoms with E-state index in [1.807, 2.05) is 6.07 Å². The predicted molar refractivity (Wildman–Crippen MR) is 92.2 cm³/mol. The van der Waals surface area contributed by atoms with Crippen LogP contribution in [-0.2, 0) is 12.7 Å². The molecule has 0 atom stereocenters. The van der Waals surface area contributed by atoms with Crippen molar-refractivity contribution in [1.82, 2.24) is 9.88 Å². The number of nitrogens with zero attached hydrogens (tertiary/aromatic N) is 2. The van der Waals surface area contributed by atoms with Crippen LogP contribution >= 0.6 is 0 Å². The molecule has 0 amide bonds. The van der Waals surface area contributed by atoms with Crippen molar-refractivity contribution in [3.63, 3.8) is 0 Å². The predicted octanol–water partition coefficient (Wildman–Crippen LogP) is 4.42. The minimum Gasteiger partial charge on any atom is -0.370 e. The first-order chi connectivity index (χ1) is 12.0. The van der Waals surface area contributed by atoms with Crippen molar-refractivity contribution in [3.05, 3.63) is 59.8 Å². The van der Waals surface area contributed by atoms with Crippen molar-refractivity contribution in [1.29, 1.82) is 0 Å². The van der Waals surface area contributed by atoms with Crippen LogP contribution < -0.4 is 5.32 Å². The van der Waals surface area contributed by atoms with Crippen LogP contribution in [0.4, 0.5) is 19.0 Å². The number of rotatable bonds is 5. The Bertz CT molecular complexity index is 648. The van der Waals surface area contributed by atoms with Gasteiger partial charge < -0.3 is 5.32 Å². The van der Waals surface area contributed by atoms with Gasteiger partial charge in [-0.1, -0.05) is 30.3 Å². The van der Waals surface area contributed by atoms with Gasteiger partial charge in [0.25, 0.3) is 0 Å². The molecule has 1 fully saturated rings. The molecule has 1 aliphatic heterocycles. The van der Waals surface area contributed by atoms with Crippen molar-refractivity contribution in [3.8, 4) is 0 Å². The molecular weight excluding hydrogens is 327 g/mol. The summed E-state index contributed by atoms with van der Waals surface area (Å²) in [4.78, 5) is 6.31. The van der Waals surface area contributed by atoms with Crippen LogP contribution in [0, 0.1) is 5.92 Å². The van der Waals surface area contributed by atoms with E-state index in [1.54, 1.807) is 0 Å². The molecule has 0 bridgehead atoms. The first-order valence-corrected chi connectivity index (χ1v) is 8.54. The fraction of sp³-hybridized carbons (Fsp3) is 0.421. The van der Waals surface area contributed by atoms with Gasteiger partial charge in [-0.2, -0.15) is 13.2 Å². The summed E-state index contributed by atoms with van der Waals surface area (Å²) < 4.78 is 37.6. The number of halogens is 3. The zero-order valence-electron chi connectivity index (χ0n) is 14.0. The lowest BCUT2D eigenvalue weighted by Gasteiger charge is -2.32. The molecule has 1 N–H and O–H groups in total. The van der Waals surface area contributed by atoms with E-state index < -0.39 is 11.7 Å². The molecule has 25 heavy (non-hydrogen) atoms. The summed E-state index contributed by atoms with van der Waals surface area (Å²) in [7, 11) is 0. The molecule has 1 saturated heterocycles. The molecule has 0 unspecified atom stereocenters. The first kappa shape index (κ1) is 17.7. The fourth-order valence-corrected chi connectivity index (χ4v) is 3.11. The van der Waals surface area contributed by atoms with Crippen molar-refractivity contribution < 1.29 is 13.2 Å². The number of piperidine rings is 1. The van der Waals surface area contributed by atoms with E-state index in [0.29, 0.717) is 11.7 Å². The van der Waals surface area contributed by atoms with Gasteiger partial charge in [-0.25, -0.2) is 4.98 Å². The van der Waals surface area contributed by atoms with Gasteiger partial charge in [-0.15, -0.1) is 0 Å². The number of hydrogen-bond acceptors (Lipinski definition) is 3. The maximum Gasteiger partial charge on any atom is 0.417 e. The number of hydrogen-bond donors (Lipinski definition) is 1. The lowest BCUT2D eigenvalue weighted by atomic mass is 9.96. The summed E-state index contributed by atoms with van der Waals surface area (Å²) in [6, 6.07) is 12.9. The monoisotopic (exact) mass is 349 g/mol. The van der Waals surface area contributed by atoms with Gasteiger partial charge in [0.05, 0.1) is 5.56 Å². The second-order valence-electron chi connectivity index (χ2n) is 6.52.